The van der Waals surface area contributed by atoms with Crippen molar-refractivity contribution in [3.8, 4) is 0 Å². The van der Waals surface area contributed by atoms with Crippen LogP contribution in [0.3, 0.4) is 0 Å². The van der Waals surface area contributed by atoms with Gasteiger partial charge >= 0.3 is 6.03 Å². The molecule has 2 fully saturated rings. The molecule has 0 radical (unpaired) electrons. The Morgan fingerprint density at radius 2 is 1.80 bits per heavy atom. The summed E-state index contributed by atoms with van der Waals surface area (Å²) in [7, 11) is 0. The molecule has 2 aromatic heterocycles. The molecule has 1 unspecified atom stereocenters. The van der Waals surface area contributed by atoms with E-state index in [1.807, 2.05) is 35.1 Å². The summed E-state index contributed by atoms with van der Waals surface area (Å²) in [5, 5.41) is 3.14. The van der Waals surface area contributed by atoms with Crippen molar-refractivity contribution in [3.63, 3.8) is 0 Å². The van der Waals surface area contributed by atoms with Gasteiger partial charge in [0.15, 0.2) is 0 Å². The van der Waals surface area contributed by atoms with Crippen LogP contribution in [0, 0.1) is 18.3 Å². The lowest BCUT2D eigenvalue weighted by Gasteiger charge is -2.33. The minimum absolute atomic E-state index is 0.00733. The van der Waals surface area contributed by atoms with Crippen LogP contribution in [-0.2, 0) is 13.1 Å². The van der Waals surface area contributed by atoms with Crippen LogP contribution in [0.2, 0.25) is 0 Å². The van der Waals surface area contributed by atoms with Crippen LogP contribution in [0.15, 0.2) is 36.9 Å². The number of aromatic nitrogens is 2. The highest BCUT2D eigenvalue weighted by Gasteiger charge is 2.55. The number of hydrogen-bond donors (Lipinski definition) is 1. The zero-order chi connectivity index (χ0) is 20.7. The van der Waals surface area contributed by atoms with Gasteiger partial charge in [-0.1, -0.05) is 0 Å². The molecule has 2 aliphatic heterocycles. The fourth-order valence-corrected chi connectivity index (χ4v) is 5.03. The number of nitrogens with zero attached hydrogens (tertiary/aromatic N) is 4. The van der Waals surface area contributed by atoms with Gasteiger partial charge in [-0.2, -0.15) is 0 Å². The predicted octanol–water partition coefficient (Wildman–Crippen LogP) is 2.75. The second-order valence-electron chi connectivity index (χ2n) is 8.93. The van der Waals surface area contributed by atoms with Gasteiger partial charge in [-0.25, -0.2) is 4.79 Å². The molecule has 1 spiro atoms. The van der Waals surface area contributed by atoms with Gasteiger partial charge in [0.1, 0.15) is 0 Å². The van der Waals surface area contributed by atoms with E-state index in [9.17, 15) is 9.59 Å². The first-order chi connectivity index (χ1) is 14.6. The number of pyridine rings is 2. The first-order valence-corrected chi connectivity index (χ1v) is 10.7. The van der Waals surface area contributed by atoms with E-state index in [4.69, 9.17) is 0 Å². The summed E-state index contributed by atoms with van der Waals surface area (Å²) < 4.78 is 0. The third kappa shape index (κ3) is 3.42. The molecule has 1 saturated carbocycles. The summed E-state index contributed by atoms with van der Waals surface area (Å²) in [5.41, 5.74) is 4.30. The van der Waals surface area contributed by atoms with Gasteiger partial charge in [0.2, 0.25) is 0 Å². The standard InChI is InChI=1S/C23H27N5O2/c1-16-2-6-25-13-20(16)21(29)27-8-4-23(5-9-27)10-19(23)12-26-22(30)28-14-17-3-7-24-11-18(17)15-28/h2-3,6-7,11,13,19H,4-5,8-10,12,14-15H2,1H3,(H,26,30). The molecule has 1 N–H and O–H groups in total. The molecule has 1 aliphatic carbocycles. The average molecular weight is 406 g/mol. The topological polar surface area (TPSA) is 78.4 Å². The minimum atomic E-state index is 0.00733. The molecular weight excluding hydrogens is 378 g/mol. The molecule has 30 heavy (non-hydrogen) atoms. The maximum Gasteiger partial charge on any atom is 0.318 e. The lowest BCUT2D eigenvalue weighted by atomic mass is 9.90. The molecule has 7 nitrogen and oxygen atoms in total. The average Bonchev–Trinajstić information content (AvgIpc) is 3.24. The molecule has 0 aromatic carbocycles. The van der Waals surface area contributed by atoms with Crippen LogP contribution >= 0.6 is 0 Å². The van der Waals surface area contributed by atoms with Gasteiger partial charge in [0, 0.05) is 57.5 Å². The normalized spacial score (nSPS) is 21.4. The fourth-order valence-electron chi connectivity index (χ4n) is 5.03. The van der Waals surface area contributed by atoms with Crippen LogP contribution in [0.25, 0.3) is 0 Å². The maximum atomic E-state index is 12.8. The molecule has 1 atom stereocenters. The van der Waals surface area contributed by atoms with E-state index in [-0.39, 0.29) is 11.9 Å². The molecule has 3 aliphatic rings. The van der Waals surface area contributed by atoms with Crippen molar-refractivity contribution in [2.24, 2.45) is 11.3 Å². The Bertz CT molecular complexity index is 958. The molecule has 3 amide bonds. The summed E-state index contributed by atoms with van der Waals surface area (Å²) in [4.78, 5) is 37.4. The van der Waals surface area contributed by atoms with E-state index >= 15 is 0 Å². The summed E-state index contributed by atoms with van der Waals surface area (Å²) in [5.74, 6) is 0.606. The van der Waals surface area contributed by atoms with Crippen molar-refractivity contribution < 1.29 is 9.59 Å². The van der Waals surface area contributed by atoms with Gasteiger partial charge < -0.3 is 15.1 Å². The van der Waals surface area contributed by atoms with Gasteiger partial charge in [-0.05, 0) is 66.3 Å². The van der Waals surface area contributed by atoms with Gasteiger partial charge in [0.25, 0.3) is 5.91 Å². The lowest BCUT2D eigenvalue weighted by molar-refractivity contribution is 0.0668. The summed E-state index contributed by atoms with van der Waals surface area (Å²) in [6.45, 7) is 5.53. The number of hydrogen-bond acceptors (Lipinski definition) is 4. The third-order valence-corrected chi connectivity index (χ3v) is 7.19. The third-order valence-electron chi connectivity index (χ3n) is 7.19. The van der Waals surface area contributed by atoms with Crippen molar-refractivity contribution in [2.75, 3.05) is 19.6 Å². The molecule has 1 saturated heterocycles. The first kappa shape index (κ1) is 19.0. The highest BCUT2D eigenvalue weighted by Crippen LogP contribution is 2.59. The summed E-state index contributed by atoms with van der Waals surface area (Å²) >= 11 is 0. The number of fused-ring (bicyclic) bond motifs is 1. The number of nitrogens with one attached hydrogen (secondary N) is 1. The summed E-state index contributed by atoms with van der Waals surface area (Å²) in [6, 6.07) is 3.88. The van der Waals surface area contributed by atoms with Crippen LogP contribution < -0.4 is 5.32 Å². The molecule has 0 bridgehead atoms. The Hall–Kier alpha value is -2.96. The van der Waals surface area contributed by atoms with Crippen molar-refractivity contribution >= 4 is 11.9 Å². The maximum absolute atomic E-state index is 12.8. The van der Waals surface area contributed by atoms with Crippen LogP contribution in [0.4, 0.5) is 4.79 Å². The zero-order valence-electron chi connectivity index (χ0n) is 17.3. The minimum Gasteiger partial charge on any atom is -0.339 e. The van der Waals surface area contributed by atoms with Gasteiger partial charge in [-0.3, -0.25) is 14.8 Å². The molecule has 156 valence electrons. The number of carbonyl (C=O) groups is 2. The quantitative estimate of drug-likeness (QED) is 0.852. The van der Waals surface area contributed by atoms with Crippen molar-refractivity contribution in [3.05, 3.63) is 59.2 Å². The highest BCUT2D eigenvalue weighted by atomic mass is 16.2. The molecule has 2 aromatic rings. The molecule has 4 heterocycles. The fraction of sp³-hybridized carbons (Fsp3) is 0.478. The van der Waals surface area contributed by atoms with Crippen molar-refractivity contribution in [1.82, 2.24) is 25.1 Å². The molecule has 5 rings (SSSR count). The highest BCUT2D eigenvalue weighted by molar-refractivity contribution is 5.95. The SMILES string of the molecule is Cc1ccncc1C(=O)N1CCC2(CC1)CC2CNC(=O)N1Cc2ccncc2C1. The van der Waals surface area contributed by atoms with E-state index in [1.54, 1.807) is 18.6 Å². The monoisotopic (exact) mass is 405 g/mol. The Kier molecular flexibility index (Phi) is 4.68. The second-order valence-corrected chi connectivity index (χ2v) is 8.93. The number of aryl methyl sites for hydroxylation is 1. The summed E-state index contributed by atoms with van der Waals surface area (Å²) in [6.07, 6.45) is 10.2. The van der Waals surface area contributed by atoms with Crippen LogP contribution in [-0.4, -0.2) is 51.3 Å². The van der Waals surface area contributed by atoms with Crippen molar-refractivity contribution in [2.45, 2.75) is 39.3 Å². The number of likely N-dealkylation sites (tertiary alicyclic amines) is 1. The van der Waals surface area contributed by atoms with Gasteiger partial charge in [-0.15, -0.1) is 0 Å². The largest absolute Gasteiger partial charge is 0.339 e. The number of amides is 3. The van der Waals surface area contributed by atoms with E-state index in [0.717, 1.165) is 50.0 Å². The Balaban J connectivity index is 1.10. The predicted molar refractivity (Wildman–Crippen MR) is 112 cm³/mol. The lowest BCUT2D eigenvalue weighted by Crippen LogP contribution is -2.41. The van der Waals surface area contributed by atoms with Gasteiger partial charge in [0.05, 0.1) is 5.56 Å². The van der Waals surface area contributed by atoms with Crippen molar-refractivity contribution in [1.29, 1.82) is 0 Å². The molecule has 7 heteroatoms. The Labute approximate surface area is 176 Å². The zero-order valence-corrected chi connectivity index (χ0v) is 17.3. The Morgan fingerprint density at radius 3 is 2.57 bits per heavy atom. The second kappa shape index (κ2) is 7.38. The number of rotatable bonds is 3. The smallest absolute Gasteiger partial charge is 0.318 e. The van der Waals surface area contributed by atoms with Crippen LogP contribution in [0.1, 0.15) is 46.3 Å². The van der Waals surface area contributed by atoms with Crippen LogP contribution in [0.5, 0.6) is 0 Å². The molecular formula is C23H27N5O2. The van der Waals surface area contributed by atoms with E-state index < -0.39 is 0 Å². The Morgan fingerprint density at radius 1 is 1.07 bits per heavy atom. The van der Waals surface area contributed by atoms with E-state index in [1.165, 1.54) is 5.56 Å². The number of urea groups is 1. The number of carbonyl (C=O) groups excluding carboxylic acids is 2. The van der Waals surface area contributed by atoms with E-state index in [2.05, 4.69) is 15.3 Å². The van der Waals surface area contributed by atoms with E-state index in [0.29, 0.717) is 30.0 Å². The first-order valence-electron chi connectivity index (χ1n) is 10.7. The number of piperidine rings is 1.